The summed E-state index contributed by atoms with van der Waals surface area (Å²) in [4.78, 5) is 19.0. The van der Waals surface area contributed by atoms with E-state index >= 15 is 0 Å². The predicted molar refractivity (Wildman–Crippen MR) is 114 cm³/mol. The van der Waals surface area contributed by atoms with E-state index in [1.165, 1.54) is 21.9 Å². The lowest BCUT2D eigenvalue weighted by atomic mass is 10.0. The van der Waals surface area contributed by atoms with E-state index < -0.39 is 10.0 Å². The minimum absolute atomic E-state index is 0.0637. The van der Waals surface area contributed by atoms with Crippen LogP contribution in [0, 0.1) is 0 Å². The molecule has 1 saturated heterocycles. The lowest BCUT2D eigenvalue weighted by Gasteiger charge is -2.36. The van der Waals surface area contributed by atoms with Crippen LogP contribution in [0.1, 0.15) is 30.3 Å². The van der Waals surface area contributed by atoms with E-state index in [0.29, 0.717) is 53.2 Å². The molecule has 3 rings (SSSR count). The highest BCUT2D eigenvalue weighted by atomic mass is 35.5. The molecule has 0 bridgehead atoms. The van der Waals surface area contributed by atoms with E-state index in [-0.39, 0.29) is 11.9 Å². The Balaban J connectivity index is 1.68. The maximum Gasteiger partial charge on any atom is 0.273 e. The van der Waals surface area contributed by atoms with Crippen LogP contribution in [0.3, 0.4) is 0 Å². The number of likely N-dealkylation sites (tertiary alicyclic amines) is 1. The van der Waals surface area contributed by atoms with Crippen molar-refractivity contribution in [2.75, 3.05) is 25.9 Å². The summed E-state index contributed by atoms with van der Waals surface area (Å²) >= 11 is 13.4. The third-order valence-corrected chi connectivity index (χ3v) is 7.83. The number of carbonyl (C=O) groups excluding carboxylic acids is 1. The molecule has 2 heterocycles. The monoisotopic (exact) mass is 461 g/mol. The molecule has 0 N–H and O–H groups in total. The second-order valence-electron chi connectivity index (χ2n) is 6.66. The first kappa shape index (κ1) is 21.5. The summed E-state index contributed by atoms with van der Waals surface area (Å²) in [5.74, 6) is -0.136. The Morgan fingerprint density at radius 1 is 1.29 bits per heavy atom. The minimum atomic E-state index is -3.24. The molecule has 1 aliphatic rings. The quantitative estimate of drug-likeness (QED) is 0.674. The van der Waals surface area contributed by atoms with Crippen LogP contribution in [-0.2, 0) is 10.0 Å². The number of benzene rings is 1. The van der Waals surface area contributed by atoms with Crippen LogP contribution in [0.25, 0.3) is 10.6 Å². The molecule has 0 radical (unpaired) electrons. The fourth-order valence-corrected chi connectivity index (χ4v) is 5.73. The number of halogens is 2. The number of hydrogen-bond donors (Lipinski definition) is 0. The summed E-state index contributed by atoms with van der Waals surface area (Å²) in [7, 11) is -3.24. The van der Waals surface area contributed by atoms with Gasteiger partial charge in [0.15, 0.2) is 0 Å². The Labute approximate surface area is 179 Å². The molecule has 0 unspecified atom stereocenters. The summed E-state index contributed by atoms with van der Waals surface area (Å²) < 4.78 is 25.3. The SMILES string of the molecule is CCN(C1CCN(C(=O)c2csc(-c3ccc(Cl)c(Cl)c3)n2)CC1)S(C)(=O)=O. The number of hydrogen-bond acceptors (Lipinski definition) is 5. The number of carbonyl (C=O) groups is 1. The van der Waals surface area contributed by atoms with E-state index in [1.807, 2.05) is 13.0 Å². The molecule has 1 aromatic carbocycles. The lowest BCUT2D eigenvalue weighted by molar-refractivity contribution is 0.0675. The molecular formula is C18H21Cl2N3O3S2. The molecule has 1 amide bonds. The fourth-order valence-electron chi connectivity index (χ4n) is 3.42. The van der Waals surface area contributed by atoms with Gasteiger partial charge in [-0.3, -0.25) is 4.79 Å². The van der Waals surface area contributed by atoms with Crippen LogP contribution in [0.2, 0.25) is 10.0 Å². The third-order valence-electron chi connectivity index (χ3n) is 4.79. The number of sulfonamides is 1. The molecule has 10 heteroatoms. The van der Waals surface area contributed by atoms with Gasteiger partial charge in [0.25, 0.3) is 5.91 Å². The van der Waals surface area contributed by atoms with Crippen molar-refractivity contribution in [3.8, 4) is 10.6 Å². The van der Waals surface area contributed by atoms with Crippen molar-refractivity contribution in [2.24, 2.45) is 0 Å². The molecule has 0 saturated carbocycles. The first-order valence-electron chi connectivity index (χ1n) is 8.87. The number of aromatic nitrogens is 1. The number of nitrogens with zero attached hydrogens (tertiary/aromatic N) is 3. The van der Waals surface area contributed by atoms with Gasteiger partial charge in [-0.15, -0.1) is 11.3 Å². The van der Waals surface area contributed by atoms with Gasteiger partial charge in [-0.1, -0.05) is 36.2 Å². The first-order valence-corrected chi connectivity index (χ1v) is 12.4. The van der Waals surface area contributed by atoms with Crippen LogP contribution < -0.4 is 0 Å². The first-order chi connectivity index (χ1) is 13.2. The molecule has 0 atom stereocenters. The van der Waals surface area contributed by atoms with Crippen molar-refractivity contribution in [3.05, 3.63) is 39.3 Å². The second-order valence-corrected chi connectivity index (χ2v) is 10.3. The lowest BCUT2D eigenvalue weighted by Crippen LogP contribution is -2.48. The Kier molecular flexibility index (Phi) is 6.66. The van der Waals surface area contributed by atoms with Crippen LogP contribution >= 0.6 is 34.5 Å². The van der Waals surface area contributed by atoms with E-state index in [4.69, 9.17) is 23.2 Å². The maximum atomic E-state index is 12.8. The van der Waals surface area contributed by atoms with Gasteiger partial charge in [0, 0.05) is 36.6 Å². The molecule has 0 aliphatic carbocycles. The highest BCUT2D eigenvalue weighted by molar-refractivity contribution is 7.88. The highest BCUT2D eigenvalue weighted by Gasteiger charge is 2.31. The van der Waals surface area contributed by atoms with Crippen LogP contribution in [0.4, 0.5) is 0 Å². The van der Waals surface area contributed by atoms with Crippen molar-refractivity contribution < 1.29 is 13.2 Å². The Morgan fingerprint density at radius 2 is 1.96 bits per heavy atom. The maximum absolute atomic E-state index is 12.8. The molecular weight excluding hydrogens is 441 g/mol. The van der Waals surface area contributed by atoms with E-state index in [0.717, 1.165) is 5.56 Å². The van der Waals surface area contributed by atoms with E-state index in [9.17, 15) is 13.2 Å². The van der Waals surface area contributed by atoms with Gasteiger partial charge in [-0.2, -0.15) is 4.31 Å². The fraction of sp³-hybridized carbons (Fsp3) is 0.444. The summed E-state index contributed by atoms with van der Waals surface area (Å²) in [5, 5.41) is 3.35. The van der Waals surface area contributed by atoms with Gasteiger partial charge in [-0.05, 0) is 25.0 Å². The predicted octanol–water partition coefficient (Wildman–Crippen LogP) is 4.00. The van der Waals surface area contributed by atoms with Gasteiger partial charge in [0.2, 0.25) is 10.0 Å². The zero-order valence-electron chi connectivity index (χ0n) is 15.6. The number of amides is 1. The molecule has 1 fully saturated rings. The molecule has 1 aliphatic heterocycles. The molecule has 2 aromatic rings. The summed E-state index contributed by atoms with van der Waals surface area (Å²) in [6.07, 6.45) is 2.47. The zero-order chi connectivity index (χ0) is 20.5. The van der Waals surface area contributed by atoms with Gasteiger partial charge in [0.05, 0.1) is 16.3 Å². The van der Waals surface area contributed by atoms with Crippen molar-refractivity contribution >= 4 is 50.5 Å². The summed E-state index contributed by atoms with van der Waals surface area (Å²) in [5.41, 5.74) is 1.20. The van der Waals surface area contributed by atoms with Gasteiger partial charge in [0.1, 0.15) is 10.7 Å². The van der Waals surface area contributed by atoms with Crippen molar-refractivity contribution in [1.29, 1.82) is 0 Å². The summed E-state index contributed by atoms with van der Waals surface area (Å²) in [6, 6.07) is 5.18. The average molecular weight is 462 g/mol. The van der Waals surface area contributed by atoms with Crippen LogP contribution in [0.5, 0.6) is 0 Å². The normalized spacial score (nSPS) is 16.0. The molecule has 6 nitrogen and oxygen atoms in total. The molecule has 1 aromatic heterocycles. The van der Waals surface area contributed by atoms with Crippen LogP contribution in [-0.4, -0.2) is 60.4 Å². The van der Waals surface area contributed by atoms with Crippen molar-refractivity contribution in [2.45, 2.75) is 25.8 Å². The average Bonchev–Trinajstić information content (AvgIpc) is 3.13. The number of rotatable bonds is 5. The highest BCUT2D eigenvalue weighted by Crippen LogP contribution is 2.31. The van der Waals surface area contributed by atoms with Gasteiger partial charge in [-0.25, -0.2) is 13.4 Å². The van der Waals surface area contributed by atoms with Crippen molar-refractivity contribution in [1.82, 2.24) is 14.2 Å². The smallest absolute Gasteiger partial charge is 0.273 e. The van der Waals surface area contributed by atoms with E-state index in [2.05, 4.69) is 4.98 Å². The Hall–Kier alpha value is -1.19. The largest absolute Gasteiger partial charge is 0.337 e. The standard InChI is InChI=1S/C18H21Cl2N3O3S2/c1-3-23(28(2,25)26)13-6-8-22(9-7-13)18(24)16-11-27-17(21-16)12-4-5-14(19)15(20)10-12/h4-5,10-11,13H,3,6-9H2,1-2H3. The third kappa shape index (κ3) is 4.68. The number of piperidine rings is 1. The van der Waals surface area contributed by atoms with Crippen LogP contribution in [0.15, 0.2) is 23.6 Å². The van der Waals surface area contributed by atoms with E-state index in [1.54, 1.807) is 22.4 Å². The Bertz CT molecular complexity index is 970. The molecule has 0 spiro atoms. The van der Waals surface area contributed by atoms with Gasteiger partial charge >= 0.3 is 0 Å². The molecule has 152 valence electrons. The molecule has 28 heavy (non-hydrogen) atoms. The summed E-state index contributed by atoms with van der Waals surface area (Å²) in [6.45, 7) is 3.29. The van der Waals surface area contributed by atoms with Gasteiger partial charge < -0.3 is 4.90 Å². The second kappa shape index (κ2) is 8.67. The zero-order valence-corrected chi connectivity index (χ0v) is 18.7. The minimum Gasteiger partial charge on any atom is -0.337 e. The van der Waals surface area contributed by atoms with Crippen molar-refractivity contribution in [3.63, 3.8) is 0 Å². The Morgan fingerprint density at radius 3 is 2.54 bits per heavy atom. The topological polar surface area (TPSA) is 70.6 Å². The number of thiazole rings is 1.